The number of rotatable bonds is 11. The average molecular weight is 586 g/mol. The van der Waals surface area contributed by atoms with E-state index in [0.717, 1.165) is 16.8 Å². The molecule has 2 unspecified atom stereocenters. The van der Waals surface area contributed by atoms with E-state index in [1.165, 1.54) is 4.90 Å². The molecule has 5 rings (SSSR count). The second kappa shape index (κ2) is 11.7. The minimum absolute atomic E-state index is 0.213. The van der Waals surface area contributed by atoms with Crippen molar-refractivity contribution in [1.29, 1.82) is 0 Å². The number of ether oxygens (including phenoxy) is 1. The third-order valence-electron chi connectivity index (χ3n) is 9.74. The summed E-state index contributed by atoms with van der Waals surface area (Å²) < 4.78 is 6.98. The number of carbonyl (C=O) groups excluding carboxylic acids is 3. The van der Waals surface area contributed by atoms with E-state index in [0.29, 0.717) is 24.9 Å². The number of likely N-dealkylation sites (tertiary alicyclic amines) is 1. The number of aliphatic hydroxyl groups is 1. The molecule has 0 radical (unpaired) electrons. The van der Waals surface area contributed by atoms with Crippen LogP contribution in [0.1, 0.15) is 44.2 Å². The quantitative estimate of drug-likeness (QED) is 0.390. The van der Waals surface area contributed by atoms with Crippen LogP contribution in [0.5, 0.6) is 0 Å². The van der Waals surface area contributed by atoms with Gasteiger partial charge >= 0.3 is 0 Å². The Morgan fingerprint density at radius 2 is 1.74 bits per heavy atom. The van der Waals surface area contributed by atoms with Crippen LogP contribution in [0.4, 0.5) is 11.4 Å². The molecule has 3 saturated heterocycles. The lowest BCUT2D eigenvalue weighted by atomic mass is 9.64. The SMILES string of the molecule is C=CCN(C(=O)[C@@H]1[C@H]2C(=O)N([C@H](C)CO)C(C(=O)N(CC=C)c3cc(C)ccc3C)C23CC[C@@]1(CC)O3)c1ccccc1. The molecule has 3 amide bonds. The molecule has 2 aromatic rings. The van der Waals surface area contributed by atoms with Crippen molar-refractivity contribution >= 4 is 29.1 Å². The van der Waals surface area contributed by atoms with Gasteiger partial charge in [-0.3, -0.25) is 14.4 Å². The summed E-state index contributed by atoms with van der Waals surface area (Å²) in [6, 6.07) is 13.6. The number of amides is 3. The van der Waals surface area contributed by atoms with Crippen molar-refractivity contribution in [3.63, 3.8) is 0 Å². The summed E-state index contributed by atoms with van der Waals surface area (Å²) in [5.41, 5.74) is 1.27. The maximum Gasteiger partial charge on any atom is 0.253 e. The fourth-order valence-corrected chi connectivity index (χ4v) is 7.69. The van der Waals surface area contributed by atoms with Crippen molar-refractivity contribution in [3.05, 3.63) is 85.0 Å². The van der Waals surface area contributed by atoms with Crippen molar-refractivity contribution < 1.29 is 24.2 Å². The third-order valence-corrected chi connectivity index (χ3v) is 9.74. The summed E-state index contributed by atoms with van der Waals surface area (Å²) in [6.07, 6.45) is 4.89. The standard InChI is InChI=1S/C35H43N3O5/c1-7-19-36(26-13-11-10-12-14-26)31(40)28-29-32(41)38(25(6)22-39)30(35(29)18-17-34(28,9-3)43-35)33(42)37(20-8-2)27-21-23(4)15-16-24(27)5/h7-8,10-16,21,25,28-30,39H,1-2,9,17-20,22H2,3-6H3/t25-,28+,29+,30?,34-,35?/m1/s1. The van der Waals surface area contributed by atoms with Gasteiger partial charge in [-0.2, -0.15) is 0 Å². The van der Waals surface area contributed by atoms with Gasteiger partial charge in [-0.05, 0) is 69.4 Å². The predicted octanol–water partition coefficient (Wildman–Crippen LogP) is 4.58. The second-order valence-electron chi connectivity index (χ2n) is 12.2. The fraction of sp³-hybridized carbons (Fsp3) is 0.457. The summed E-state index contributed by atoms with van der Waals surface area (Å²) >= 11 is 0. The first-order chi connectivity index (χ1) is 20.6. The molecule has 3 aliphatic rings. The number of fused-ring (bicyclic) bond motifs is 1. The average Bonchev–Trinajstić information content (AvgIpc) is 3.63. The largest absolute Gasteiger partial charge is 0.394 e. The van der Waals surface area contributed by atoms with Crippen LogP contribution in [0, 0.1) is 25.7 Å². The normalized spacial score (nSPS) is 28.0. The number of para-hydroxylation sites is 1. The zero-order valence-electron chi connectivity index (χ0n) is 25.7. The van der Waals surface area contributed by atoms with Crippen LogP contribution >= 0.6 is 0 Å². The van der Waals surface area contributed by atoms with Crippen molar-refractivity contribution in [2.75, 3.05) is 29.5 Å². The van der Waals surface area contributed by atoms with Crippen molar-refractivity contribution in [2.45, 2.75) is 70.2 Å². The topological polar surface area (TPSA) is 90.4 Å². The molecular weight excluding hydrogens is 542 g/mol. The van der Waals surface area contributed by atoms with E-state index in [2.05, 4.69) is 13.2 Å². The Labute approximate surface area is 254 Å². The lowest BCUT2D eigenvalue weighted by Crippen LogP contribution is -2.58. The van der Waals surface area contributed by atoms with Crippen molar-refractivity contribution in [1.82, 2.24) is 4.90 Å². The molecule has 0 aromatic heterocycles. The smallest absolute Gasteiger partial charge is 0.253 e. The number of hydrogen-bond acceptors (Lipinski definition) is 5. The first-order valence-electron chi connectivity index (χ1n) is 15.2. The summed E-state index contributed by atoms with van der Waals surface area (Å²) in [6.45, 7) is 15.6. The number of carbonyl (C=O) groups is 3. The fourth-order valence-electron chi connectivity index (χ4n) is 7.69. The van der Waals surface area contributed by atoms with Gasteiger partial charge in [0.05, 0.1) is 30.1 Å². The van der Waals surface area contributed by atoms with Crippen LogP contribution in [0.3, 0.4) is 0 Å². The van der Waals surface area contributed by atoms with Gasteiger partial charge in [0.1, 0.15) is 11.6 Å². The lowest BCUT2D eigenvalue weighted by molar-refractivity contribution is -0.149. The Morgan fingerprint density at radius 3 is 2.37 bits per heavy atom. The van der Waals surface area contributed by atoms with Crippen LogP contribution in [0.15, 0.2) is 73.8 Å². The molecule has 2 bridgehead atoms. The molecule has 1 N–H and O–H groups in total. The Hall–Kier alpha value is -3.75. The number of benzene rings is 2. The zero-order chi connectivity index (χ0) is 31.1. The van der Waals surface area contributed by atoms with Crippen molar-refractivity contribution in [3.8, 4) is 0 Å². The van der Waals surface area contributed by atoms with E-state index >= 15 is 0 Å². The Bertz CT molecular complexity index is 1430. The zero-order valence-corrected chi connectivity index (χ0v) is 25.7. The highest BCUT2D eigenvalue weighted by Crippen LogP contribution is 2.65. The minimum Gasteiger partial charge on any atom is -0.394 e. The molecule has 0 saturated carbocycles. The maximum atomic E-state index is 14.8. The van der Waals surface area contributed by atoms with Gasteiger partial charge in [-0.15, -0.1) is 13.2 Å². The first kappa shape index (κ1) is 30.7. The van der Waals surface area contributed by atoms with Gasteiger partial charge in [0.25, 0.3) is 5.91 Å². The van der Waals surface area contributed by atoms with Crippen LogP contribution in [-0.4, -0.2) is 70.7 Å². The highest BCUT2D eigenvalue weighted by Gasteiger charge is 2.79. The van der Waals surface area contributed by atoms with E-state index in [1.807, 2.05) is 69.3 Å². The Kier molecular flexibility index (Phi) is 8.38. The van der Waals surface area contributed by atoms with Crippen LogP contribution < -0.4 is 9.80 Å². The number of nitrogens with zero attached hydrogens (tertiary/aromatic N) is 3. The van der Waals surface area contributed by atoms with Crippen molar-refractivity contribution in [2.24, 2.45) is 11.8 Å². The molecule has 8 nitrogen and oxygen atoms in total. The molecule has 0 aliphatic carbocycles. The summed E-state index contributed by atoms with van der Waals surface area (Å²) in [4.78, 5) is 48.8. The predicted molar refractivity (Wildman–Crippen MR) is 168 cm³/mol. The van der Waals surface area contributed by atoms with E-state index in [1.54, 1.807) is 28.9 Å². The number of anilines is 2. The lowest BCUT2D eigenvalue weighted by Gasteiger charge is -2.39. The molecule has 3 heterocycles. The van der Waals surface area contributed by atoms with Gasteiger partial charge < -0.3 is 24.5 Å². The van der Waals surface area contributed by atoms with Gasteiger partial charge in [-0.1, -0.05) is 49.4 Å². The second-order valence-corrected chi connectivity index (χ2v) is 12.2. The molecule has 3 aliphatic heterocycles. The monoisotopic (exact) mass is 585 g/mol. The highest BCUT2D eigenvalue weighted by molar-refractivity contribution is 6.07. The minimum atomic E-state index is -1.21. The molecule has 6 atom stereocenters. The maximum absolute atomic E-state index is 14.8. The summed E-state index contributed by atoms with van der Waals surface area (Å²) in [7, 11) is 0. The number of hydrogen-bond donors (Lipinski definition) is 1. The van der Waals surface area contributed by atoms with Gasteiger partial charge in [0.2, 0.25) is 11.8 Å². The molecule has 3 fully saturated rings. The Balaban J connectivity index is 1.65. The molecule has 43 heavy (non-hydrogen) atoms. The van der Waals surface area contributed by atoms with E-state index in [9.17, 15) is 19.5 Å². The highest BCUT2D eigenvalue weighted by atomic mass is 16.5. The van der Waals surface area contributed by atoms with Crippen LogP contribution in [-0.2, 0) is 19.1 Å². The van der Waals surface area contributed by atoms with Gasteiger partial charge in [0.15, 0.2) is 0 Å². The molecular formula is C35H43N3O5. The number of aryl methyl sites for hydroxylation is 2. The first-order valence-corrected chi connectivity index (χ1v) is 15.2. The Morgan fingerprint density at radius 1 is 1.07 bits per heavy atom. The van der Waals surface area contributed by atoms with E-state index in [-0.39, 0.29) is 37.4 Å². The molecule has 2 aromatic carbocycles. The molecule has 228 valence electrons. The summed E-state index contributed by atoms with van der Waals surface area (Å²) in [5, 5.41) is 10.3. The van der Waals surface area contributed by atoms with Crippen LogP contribution in [0.2, 0.25) is 0 Å². The molecule has 8 heteroatoms. The number of aliphatic hydroxyl groups excluding tert-OH is 1. The van der Waals surface area contributed by atoms with Crippen LogP contribution in [0.25, 0.3) is 0 Å². The van der Waals surface area contributed by atoms with E-state index in [4.69, 9.17) is 4.74 Å². The van der Waals surface area contributed by atoms with Gasteiger partial charge in [0, 0.05) is 24.5 Å². The van der Waals surface area contributed by atoms with E-state index < -0.39 is 35.1 Å². The summed E-state index contributed by atoms with van der Waals surface area (Å²) in [5.74, 6) is -2.49. The third kappa shape index (κ3) is 4.71. The van der Waals surface area contributed by atoms with Gasteiger partial charge in [-0.25, -0.2) is 0 Å². The molecule has 1 spiro atoms.